The molecule has 4 nitrogen and oxygen atoms in total. The second-order valence-electron chi connectivity index (χ2n) is 6.05. The summed E-state index contributed by atoms with van der Waals surface area (Å²) in [5, 5.41) is 5.29. The Hall–Kier alpha value is -0.430. The van der Waals surface area contributed by atoms with Gasteiger partial charge in [0, 0.05) is 30.1 Å². The van der Waals surface area contributed by atoms with Gasteiger partial charge in [-0.3, -0.25) is 0 Å². The van der Waals surface area contributed by atoms with E-state index >= 15 is 0 Å². The van der Waals surface area contributed by atoms with Crippen molar-refractivity contribution in [1.29, 1.82) is 0 Å². The van der Waals surface area contributed by atoms with Gasteiger partial charge in [-0.05, 0) is 37.1 Å². The topological polar surface area (TPSA) is 49.4 Å². The molecule has 1 saturated carbocycles. The van der Waals surface area contributed by atoms with Crippen LogP contribution in [-0.2, 0) is 16.6 Å². The molecule has 0 radical (unpaired) electrons. The van der Waals surface area contributed by atoms with E-state index in [9.17, 15) is 8.42 Å². The van der Waals surface area contributed by atoms with Crippen LogP contribution < -0.4 is 5.32 Å². The lowest BCUT2D eigenvalue weighted by Gasteiger charge is -2.22. The first kappa shape index (κ1) is 16.9. The molecule has 0 unspecified atom stereocenters. The van der Waals surface area contributed by atoms with Crippen molar-refractivity contribution in [1.82, 2.24) is 9.62 Å². The average Bonchev–Trinajstić information content (AvgIpc) is 3.16. The Balaban J connectivity index is 2.32. The van der Waals surface area contributed by atoms with Crippen LogP contribution in [0.5, 0.6) is 0 Å². The number of rotatable bonds is 8. The van der Waals surface area contributed by atoms with Crippen molar-refractivity contribution in [3.05, 3.63) is 15.8 Å². The Morgan fingerprint density at radius 2 is 2.10 bits per heavy atom. The average molecular weight is 331 g/mol. The summed E-state index contributed by atoms with van der Waals surface area (Å²) in [4.78, 5) is 1.48. The van der Waals surface area contributed by atoms with Crippen LogP contribution in [0.2, 0.25) is 0 Å². The van der Waals surface area contributed by atoms with Crippen molar-refractivity contribution in [2.75, 3.05) is 6.54 Å². The molecule has 0 spiro atoms. The Labute approximate surface area is 132 Å². The van der Waals surface area contributed by atoms with Crippen molar-refractivity contribution in [2.24, 2.45) is 0 Å². The normalized spacial score (nSPS) is 16.1. The fourth-order valence-corrected chi connectivity index (χ4v) is 5.94. The molecule has 1 aliphatic carbocycles. The number of aryl methyl sites for hydroxylation is 1. The summed E-state index contributed by atoms with van der Waals surface area (Å²) in [5.41, 5.74) is 0.877. The van der Waals surface area contributed by atoms with Crippen LogP contribution in [0.15, 0.2) is 10.3 Å². The number of hydrogen-bond acceptors (Lipinski definition) is 4. The molecule has 0 amide bonds. The number of thiophene rings is 1. The predicted molar refractivity (Wildman–Crippen MR) is 88.2 cm³/mol. The smallest absolute Gasteiger partial charge is 0.244 e. The summed E-state index contributed by atoms with van der Waals surface area (Å²) < 4.78 is 27.8. The molecule has 0 bridgehead atoms. The predicted octanol–water partition coefficient (Wildman–Crippen LogP) is 3.12. The second kappa shape index (κ2) is 6.77. The van der Waals surface area contributed by atoms with E-state index in [-0.39, 0.29) is 6.04 Å². The summed E-state index contributed by atoms with van der Waals surface area (Å²) in [6, 6.07) is 0.568. The van der Waals surface area contributed by atoms with Gasteiger partial charge in [0.15, 0.2) is 0 Å². The maximum atomic E-state index is 13.1. The molecule has 0 atom stereocenters. The van der Waals surface area contributed by atoms with Crippen molar-refractivity contribution < 1.29 is 8.42 Å². The number of hydrogen-bond donors (Lipinski definition) is 1. The van der Waals surface area contributed by atoms with E-state index in [0.717, 1.165) is 29.7 Å². The Bertz CT molecular complexity index is 574. The van der Waals surface area contributed by atoms with Gasteiger partial charge in [-0.15, -0.1) is 11.3 Å². The minimum atomic E-state index is -3.36. The minimum absolute atomic E-state index is 0.222. The SMILES string of the molecule is CCCN(C1CC1)S(=O)(=O)c1c(C)csc1CNC(C)C. The molecule has 0 saturated heterocycles. The first-order chi connectivity index (χ1) is 9.87. The van der Waals surface area contributed by atoms with Crippen LogP contribution in [0.4, 0.5) is 0 Å². The number of sulfonamides is 1. The van der Waals surface area contributed by atoms with E-state index in [4.69, 9.17) is 0 Å². The summed E-state index contributed by atoms with van der Waals surface area (Å²) in [6.07, 6.45) is 2.86. The van der Waals surface area contributed by atoms with Gasteiger partial charge in [-0.25, -0.2) is 8.42 Å². The summed E-state index contributed by atoms with van der Waals surface area (Å²) in [6.45, 7) is 9.32. The highest BCUT2D eigenvalue weighted by Crippen LogP contribution is 2.36. The maximum Gasteiger partial charge on any atom is 0.244 e. The highest BCUT2D eigenvalue weighted by Gasteiger charge is 2.39. The molecule has 1 aromatic heterocycles. The van der Waals surface area contributed by atoms with E-state index in [1.807, 2.05) is 19.2 Å². The molecule has 1 aliphatic rings. The van der Waals surface area contributed by atoms with E-state index < -0.39 is 10.0 Å². The third kappa shape index (κ3) is 3.86. The lowest BCUT2D eigenvalue weighted by atomic mass is 10.3. The standard InChI is InChI=1S/C15H26N2O2S2/c1-5-8-17(13-6-7-13)21(18,19)15-12(4)10-20-14(15)9-16-11(2)3/h10-11,13,16H,5-9H2,1-4H3. The molecule has 0 aliphatic heterocycles. The van der Waals surface area contributed by atoms with Gasteiger partial charge in [-0.2, -0.15) is 4.31 Å². The van der Waals surface area contributed by atoms with Crippen LogP contribution in [0.3, 0.4) is 0 Å². The summed E-state index contributed by atoms with van der Waals surface area (Å²) >= 11 is 1.54. The highest BCUT2D eigenvalue weighted by molar-refractivity contribution is 7.89. The molecule has 1 heterocycles. The van der Waals surface area contributed by atoms with Gasteiger partial charge in [-0.1, -0.05) is 20.8 Å². The van der Waals surface area contributed by atoms with Gasteiger partial charge < -0.3 is 5.32 Å². The minimum Gasteiger partial charge on any atom is -0.310 e. The van der Waals surface area contributed by atoms with E-state index in [0.29, 0.717) is 24.0 Å². The fraction of sp³-hybridized carbons (Fsp3) is 0.733. The zero-order valence-electron chi connectivity index (χ0n) is 13.3. The summed E-state index contributed by atoms with van der Waals surface area (Å²) in [5.74, 6) is 0. The van der Waals surface area contributed by atoms with E-state index in [2.05, 4.69) is 19.2 Å². The van der Waals surface area contributed by atoms with Crippen LogP contribution in [0, 0.1) is 6.92 Å². The van der Waals surface area contributed by atoms with E-state index in [1.165, 1.54) is 0 Å². The molecule has 1 N–H and O–H groups in total. The van der Waals surface area contributed by atoms with Gasteiger partial charge in [0.1, 0.15) is 4.90 Å². The zero-order valence-corrected chi connectivity index (χ0v) is 15.0. The number of nitrogens with one attached hydrogen (secondary N) is 1. The largest absolute Gasteiger partial charge is 0.310 e. The molecular weight excluding hydrogens is 304 g/mol. The third-order valence-corrected chi connectivity index (χ3v) is 7.04. The van der Waals surface area contributed by atoms with Crippen molar-refractivity contribution in [2.45, 2.75) is 70.5 Å². The molecule has 0 aromatic carbocycles. The van der Waals surface area contributed by atoms with Crippen molar-refractivity contribution in [3.63, 3.8) is 0 Å². The first-order valence-corrected chi connectivity index (χ1v) is 10.0. The quantitative estimate of drug-likeness (QED) is 0.797. The molecule has 6 heteroatoms. The Kier molecular flexibility index (Phi) is 5.46. The molecule has 21 heavy (non-hydrogen) atoms. The van der Waals surface area contributed by atoms with Crippen LogP contribution in [-0.4, -0.2) is 31.4 Å². The second-order valence-corrected chi connectivity index (χ2v) is 8.85. The maximum absolute atomic E-state index is 13.1. The first-order valence-electron chi connectivity index (χ1n) is 7.70. The Morgan fingerprint density at radius 3 is 2.62 bits per heavy atom. The third-order valence-electron chi connectivity index (χ3n) is 3.63. The van der Waals surface area contributed by atoms with Crippen molar-refractivity contribution in [3.8, 4) is 0 Å². The molecule has 1 aromatic rings. The molecular formula is C15H26N2O2S2. The van der Waals surface area contributed by atoms with Gasteiger partial charge in [0.25, 0.3) is 0 Å². The molecule has 120 valence electrons. The van der Waals surface area contributed by atoms with Crippen molar-refractivity contribution >= 4 is 21.4 Å². The molecule has 2 rings (SSSR count). The number of nitrogens with zero attached hydrogens (tertiary/aromatic N) is 1. The van der Waals surface area contributed by atoms with Crippen LogP contribution >= 0.6 is 11.3 Å². The monoisotopic (exact) mass is 330 g/mol. The van der Waals surface area contributed by atoms with Gasteiger partial charge in [0.05, 0.1) is 0 Å². The Morgan fingerprint density at radius 1 is 1.43 bits per heavy atom. The van der Waals surface area contributed by atoms with Crippen LogP contribution in [0.1, 0.15) is 50.5 Å². The lowest BCUT2D eigenvalue weighted by Crippen LogP contribution is -2.35. The van der Waals surface area contributed by atoms with Gasteiger partial charge >= 0.3 is 0 Å². The van der Waals surface area contributed by atoms with E-state index in [1.54, 1.807) is 15.6 Å². The van der Waals surface area contributed by atoms with Gasteiger partial charge in [0.2, 0.25) is 10.0 Å². The lowest BCUT2D eigenvalue weighted by molar-refractivity contribution is 0.402. The molecule has 1 fully saturated rings. The zero-order chi connectivity index (χ0) is 15.6. The summed E-state index contributed by atoms with van der Waals surface area (Å²) in [7, 11) is -3.36. The van der Waals surface area contributed by atoms with Crippen LogP contribution in [0.25, 0.3) is 0 Å². The fourth-order valence-electron chi connectivity index (χ4n) is 2.45. The highest BCUT2D eigenvalue weighted by atomic mass is 32.2.